The van der Waals surface area contributed by atoms with Gasteiger partial charge in [-0.3, -0.25) is 0 Å². The first kappa shape index (κ1) is 6.13. The Morgan fingerprint density at radius 3 is 2.29 bits per heavy atom. The monoisotopic (exact) mass is 153 g/mol. The lowest BCUT2D eigenvalue weighted by Crippen LogP contribution is -2.29. The van der Waals surface area contributed by atoms with E-state index < -0.39 is 0 Å². The minimum atomic E-state index is 1.25. The molecule has 7 heavy (non-hydrogen) atoms. The fraction of sp³-hybridized carbons (Fsp3) is 1.00. The van der Waals surface area contributed by atoms with Gasteiger partial charge in [-0.1, -0.05) is 11.7 Å². The zero-order chi connectivity index (χ0) is 5.11. The summed E-state index contributed by atoms with van der Waals surface area (Å²) in [5.41, 5.74) is 0. The molecule has 0 aromatic rings. The molecule has 0 N–H and O–H groups in total. The summed E-state index contributed by atoms with van der Waals surface area (Å²) in [5, 5.41) is 0. The fourth-order valence-electron chi connectivity index (χ4n) is 0.409. The lowest BCUT2D eigenvalue weighted by molar-refractivity contribution is 0.347. The molecule has 1 heterocycles. The summed E-state index contributed by atoms with van der Waals surface area (Å²) >= 11 is 3.99. The molecule has 1 fully saturated rings. The molecule has 0 bridgehead atoms. The SMILES string of the molecule is SSSN1CCC1. The molecule has 0 saturated carbocycles. The third kappa shape index (κ3) is 1.76. The van der Waals surface area contributed by atoms with Crippen molar-refractivity contribution in [3.63, 3.8) is 0 Å². The minimum Gasteiger partial charge on any atom is -0.240 e. The molecule has 0 aromatic heterocycles. The molecule has 0 amide bonds. The summed E-state index contributed by atoms with van der Waals surface area (Å²) in [5.74, 6) is 0. The molecular formula is C3H7NS3. The van der Waals surface area contributed by atoms with Gasteiger partial charge in [-0.05, 0) is 16.2 Å². The van der Waals surface area contributed by atoms with Crippen molar-refractivity contribution in [2.24, 2.45) is 0 Å². The normalized spacial score (nSPS) is 21.9. The van der Waals surface area contributed by atoms with E-state index in [9.17, 15) is 0 Å². The third-order valence-corrected chi connectivity index (χ3v) is 3.03. The highest BCUT2D eigenvalue weighted by atomic mass is 33.5. The topological polar surface area (TPSA) is 3.24 Å². The van der Waals surface area contributed by atoms with Crippen molar-refractivity contribution < 1.29 is 0 Å². The average molecular weight is 153 g/mol. The van der Waals surface area contributed by atoms with Crippen LogP contribution in [-0.4, -0.2) is 17.4 Å². The minimum absolute atomic E-state index is 1.25. The van der Waals surface area contributed by atoms with Crippen LogP contribution >= 0.6 is 32.5 Å². The van der Waals surface area contributed by atoms with E-state index in [0.29, 0.717) is 0 Å². The van der Waals surface area contributed by atoms with Crippen LogP contribution in [0.15, 0.2) is 0 Å². The van der Waals surface area contributed by atoms with E-state index in [1.165, 1.54) is 29.3 Å². The molecule has 42 valence electrons. The first-order valence-corrected chi connectivity index (χ1v) is 5.32. The summed E-state index contributed by atoms with van der Waals surface area (Å²) in [6.07, 6.45) is 1.36. The second kappa shape index (κ2) is 3.12. The van der Waals surface area contributed by atoms with Gasteiger partial charge in [-0.25, -0.2) is 4.31 Å². The van der Waals surface area contributed by atoms with Crippen LogP contribution in [0.4, 0.5) is 0 Å². The van der Waals surface area contributed by atoms with E-state index >= 15 is 0 Å². The highest BCUT2D eigenvalue weighted by molar-refractivity contribution is 9.04. The Balaban J connectivity index is 1.93. The van der Waals surface area contributed by atoms with Crippen LogP contribution in [0.5, 0.6) is 0 Å². The highest BCUT2D eigenvalue weighted by Gasteiger charge is 2.12. The van der Waals surface area contributed by atoms with Gasteiger partial charge in [-0.2, -0.15) is 0 Å². The average Bonchev–Trinajstić information content (AvgIpc) is 1.55. The number of rotatable bonds is 2. The summed E-state index contributed by atoms with van der Waals surface area (Å²) in [6, 6.07) is 0. The molecule has 0 aromatic carbocycles. The molecule has 0 radical (unpaired) electrons. The van der Waals surface area contributed by atoms with Gasteiger partial charge >= 0.3 is 0 Å². The van der Waals surface area contributed by atoms with Gasteiger partial charge in [0.2, 0.25) is 0 Å². The van der Waals surface area contributed by atoms with Gasteiger partial charge in [0.1, 0.15) is 0 Å². The molecule has 0 spiro atoms. The van der Waals surface area contributed by atoms with Crippen molar-refractivity contribution in [3.8, 4) is 0 Å². The maximum absolute atomic E-state index is 3.99. The van der Waals surface area contributed by atoms with Crippen LogP contribution < -0.4 is 0 Å². The zero-order valence-electron chi connectivity index (χ0n) is 3.83. The predicted octanol–water partition coefficient (Wildman–Crippen LogP) is 1.83. The molecule has 1 aliphatic heterocycles. The van der Waals surface area contributed by atoms with E-state index in [0.717, 1.165) is 0 Å². The quantitative estimate of drug-likeness (QED) is 0.366. The lowest BCUT2D eigenvalue weighted by Gasteiger charge is -2.27. The zero-order valence-corrected chi connectivity index (χ0v) is 6.36. The Morgan fingerprint density at radius 2 is 2.14 bits per heavy atom. The standard InChI is InChI=1S/C3H7NS3/c5-7-6-4-2-1-3-4/h5H,1-3H2. The number of hydrogen-bond donors (Lipinski definition) is 1. The van der Waals surface area contributed by atoms with Gasteiger partial charge < -0.3 is 0 Å². The fourth-order valence-corrected chi connectivity index (χ4v) is 2.49. The second-order valence-corrected chi connectivity index (χ2v) is 4.48. The van der Waals surface area contributed by atoms with Crippen molar-refractivity contribution >= 4 is 32.5 Å². The van der Waals surface area contributed by atoms with E-state index in [4.69, 9.17) is 0 Å². The summed E-state index contributed by atoms with van der Waals surface area (Å²) in [4.78, 5) is 0. The maximum Gasteiger partial charge on any atom is 0.0110 e. The van der Waals surface area contributed by atoms with Crippen LogP contribution in [0.25, 0.3) is 0 Å². The van der Waals surface area contributed by atoms with Crippen LogP contribution in [0, 0.1) is 0 Å². The molecular weight excluding hydrogens is 146 g/mol. The Kier molecular flexibility index (Phi) is 2.73. The second-order valence-electron chi connectivity index (χ2n) is 1.43. The summed E-state index contributed by atoms with van der Waals surface area (Å²) in [7, 11) is 3.25. The van der Waals surface area contributed by atoms with Crippen molar-refractivity contribution in [3.05, 3.63) is 0 Å². The highest BCUT2D eigenvalue weighted by Crippen LogP contribution is 2.32. The maximum atomic E-state index is 3.99. The molecule has 1 saturated heterocycles. The van der Waals surface area contributed by atoms with E-state index in [2.05, 4.69) is 16.0 Å². The Hall–Kier alpha value is 1.01. The summed E-state index contributed by atoms with van der Waals surface area (Å²) < 4.78 is 2.29. The molecule has 1 nitrogen and oxygen atoms in total. The van der Waals surface area contributed by atoms with E-state index in [-0.39, 0.29) is 0 Å². The lowest BCUT2D eigenvalue weighted by atomic mass is 10.3. The van der Waals surface area contributed by atoms with Crippen molar-refractivity contribution in [2.75, 3.05) is 13.1 Å². The molecule has 0 aliphatic carbocycles. The smallest absolute Gasteiger partial charge is 0.0110 e. The van der Waals surface area contributed by atoms with E-state index in [1.807, 2.05) is 0 Å². The largest absolute Gasteiger partial charge is 0.240 e. The van der Waals surface area contributed by atoms with Crippen LogP contribution in [0.2, 0.25) is 0 Å². The van der Waals surface area contributed by atoms with Gasteiger partial charge in [0.05, 0.1) is 0 Å². The Morgan fingerprint density at radius 1 is 1.43 bits per heavy atom. The molecule has 1 rings (SSSR count). The van der Waals surface area contributed by atoms with E-state index in [1.54, 1.807) is 11.0 Å². The third-order valence-electron chi connectivity index (χ3n) is 0.954. The molecule has 4 heteroatoms. The summed E-state index contributed by atoms with van der Waals surface area (Å²) in [6.45, 7) is 2.50. The van der Waals surface area contributed by atoms with Crippen molar-refractivity contribution in [2.45, 2.75) is 6.42 Å². The molecule has 1 aliphatic rings. The van der Waals surface area contributed by atoms with Crippen LogP contribution in [-0.2, 0) is 0 Å². The Labute approximate surface area is 56.6 Å². The van der Waals surface area contributed by atoms with Gasteiger partial charge in [0.25, 0.3) is 0 Å². The first-order valence-electron chi connectivity index (χ1n) is 2.16. The van der Waals surface area contributed by atoms with Gasteiger partial charge in [0.15, 0.2) is 0 Å². The number of nitrogens with zero attached hydrogens (tertiary/aromatic N) is 1. The first-order chi connectivity index (χ1) is 3.43. The van der Waals surface area contributed by atoms with Crippen molar-refractivity contribution in [1.82, 2.24) is 4.31 Å². The molecule has 0 atom stereocenters. The van der Waals surface area contributed by atoms with Crippen molar-refractivity contribution in [1.29, 1.82) is 0 Å². The predicted molar refractivity (Wildman–Crippen MR) is 40.4 cm³/mol. The number of hydrogen-bond acceptors (Lipinski definition) is 4. The molecule has 0 unspecified atom stereocenters. The van der Waals surface area contributed by atoms with Gasteiger partial charge in [-0.15, -0.1) is 0 Å². The number of thiol groups is 1. The Bertz CT molecular complexity index is 54.1. The van der Waals surface area contributed by atoms with Gasteiger partial charge in [0, 0.05) is 24.1 Å². The van der Waals surface area contributed by atoms with Crippen LogP contribution in [0.1, 0.15) is 6.42 Å². The van der Waals surface area contributed by atoms with Crippen LogP contribution in [0.3, 0.4) is 0 Å².